The second-order valence-electron chi connectivity index (χ2n) is 5.15. The summed E-state index contributed by atoms with van der Waals surface area (Å²) in [5.41, 5.74) is 0.754. The van der Waals surface area contributed by atoms with E-state index in [-0.39, 0.29) is 19.0 Å². The first-order chi connectivity index (χ1) is 10.6. The largest absolute Gasteiger partial charge is 0.351 e. The highest BCUT2D eigenvalue weighted by Gasteiger charge is 2.42. The normalized spacial score (nSPS) is 19.1. The molecule has 1 amide bonds. The number of pyridine rings is 1. The summed E-state index contributed by atoms with van der Waals surface area (Å²) in [5, 5.41) is 9.30. The van der Waals surface area contributed by atoms with Crippen molar-refractivity contribution in [1.82, 2.24) is 25.4 Å². The minimum atomic E-state index is -2.82. The van der Waals surface area contributed by atoms with Crippen LogP contribution in [0.1, 0.15) is 12.0 Å². The summed E-state index contributed by atoms with van der Waals surface area (Å²) >= 11 is 0. The maximum atomic E-state index is 13.1. The maximum absolute atomic E-state index is 13.1. The van der Waals surface area contributed by atoms with Gasteiger partial charge in [0.2, 0.25) is 5.91 Å². The number of nitrogens with zero attached hydrogens (tertiary/aromatic N) is 3. The van der Waals surface area contributed by atoms with Crippen LogP contribution in [-0.4, -0.2) is 39.2 Å². The van der Waals surface area contributed by atoms with Crippen LogP contribution in [0, 0.1) is 0 Å². The van der Waals surface area contributed by atoms with Gasteiger partial charge in [0.1, 0.15) is 0 Å². The molecule has 1 aliphatic rings. The molecule has 0 spiro atoms. The second-order valence-corrected chi connectivity index (χ2v) is 5.15. The van der Waals surface area contributed by atoms with Gasteiger partial charge in [0.15, 0.2) is 5.82 Å². The molecule has 2 aromatic rings. The van der Waals surface area contributed by atoms with E-state index < -0.39 is 30.8 Å². The standard InChI is InChI=1S/C14H15F2N5O.ClH/c15-14(16)7-11(19-9-14)13(22)18-8-10-3-1-4-17-12(10)21-6-2-5-20-21;/h1-6,11,19H,7-9H2,(H,18,22);1H. The van der Waals surface area contributed by atoms with E-state index >= 15 is 0 Å². The number of hydrogen-bond acceptors (Lipinski definition) is 4. The van der Waals surface area contributed by atoms with Gasteiger partial charge in [-0.3, -0.25) is 10.1 Å². The van der Waals surface area contributed by atoms with Crippen LogP contribution in [0.15, 0.2) is 36.8 Å². The highest BCUT2D eigenvalue weighted by atomic mass is 35.5. The lowest BCUT2D eigenvalue weighted by atomic mass is 10.1. The van der Waals surface area contributed by atoms with Gasteiger partial charge < -0.3 is 5.32 Å². The monoisotopic (exact) mass is 343 g/mol. The van der Waals surface area contributed by atoms with Crippen molar-refractivity contribution in [1.29, 1.82) is 0 Å². The molecule has 1 fully saturated rings. The Morgan fingerprint density at radius 2 is 2.26 bits per heavy atom. The molecule has 2 N–H and O–H groups in total. The van der Waals surface area contributed by atoms with Crippen LogP contribution >= 0.6 is 12.4 Å². The summed E-state index contributed by atoms with van der Waals surface area (Å²) in [7, 11) is 0. The van der Waals surface area contributed by atoms with Gasteiger partial charge in [0, 0.05) is 37.1 Å². The van der Waals surface area contributed by atoms with Gasteiger partial charge in [0.05, 0.1) is 12.6 Å². The molecule has 1 saturated heterocycles. The zero-order valence-electron chi connectivity index (χ0n) is 12.1. The second kappa shape index (κ2) is 7.01. The third-order valence-electron chi connectivity index (χ3n) is 3.47. The number of hydrogen-bond donors (Lipinski definition) is 2. The van der Waals surface area contributed by atoms with Gasteiger partial charge in [-0.15, -0.1) is 12.4 Å². The Morgan fingerprint density at radius 3 is 2.91 bits per heavy atom. The number of rotatable bonds is 4. The van der Waals surface area contributed by atoms with Crippen LogP contribution in [0.4, 0.5) is 8.78 Å². The predicted molar refractivity (Wildman–Crippen MR) is 81.8 cm³/mol. The molecule has 0 aromatic carbocycles. The van der Waals surface area contributed by atoms with Crippen molar-refractivity contribution in [3.05, 3.63) is 42.4 Å². The van der Waals surface area contributed by atoms with Crippen LogP contribution in [-0.2, 0) is 11.3 Å². The summed E-state index contributed by atoms with van der Waals surface area (Å²) in [6, 6.07) is 4.46. The molecule has 0 aliphatic carbocycles. The smallest absolute Gasteiger partial charge is 0.262 e. The number of halogens is 3. The van der Waals surface area contributed by atoms with Gasteiger partial charge in [-0.1, -0.05) is 6.07 Å². The molecule has 0 radical (unpaired) electrons. The fourth-order valence-electron chi connectivity index (χ4n) is 2.38. The van der Waals surface area contributed by atoms with E-state index in [4.69, 9.17) is 0 Å². The summed E-state index contributed by atoms with van der Waals surface area (Å²) in [6.45, 7) is -0.262. The molecule has 1 atom stereocenters. The fourth-order valence-corrected chi connectivity index (χ4v) is 2.38. The Kier molecular flexibility index (Phi) is 5.27. The zero-order valence-corrected chi connectivity index (χ0v) is 12.9. The zero-order chi connectivity index (χ0) is 15.6. The highest BCUT2D eigenvalue weighted by Crippen LogP contribution is 2.25. The molecule has 6 nitrogen and oxygen atoms in total. The van der Waals surface area contributed by atoms with E-state index in [1.165, 1.54) is 0 Å². The minimum absolute atomic E-state index is 0. The van der Waals surface area contributed by atoms with Crippen LogP contribution < -0.4 is 10.6 Å². The molecule has 124 valence electrons. The van der Waals surface area contributed by atoms with E-state index in [9.17, 15) is 13.6 Å². The van der Waals surface area contributed by atoms with Crippen molar-refractivity contribution in [2.24, 2.45) is 0 Å². The SMILES string of the molecule is Cl.O=C(NCc1cccnc1-n1cccn1)C1CC(F)(F)CN1. The van der Waals surface area contributed by atoms with E-state index in [2.05, 4.69) is 20.7 Å². The molecule has 23 heavy (non-hydrogen) atoms. The number of nitrogens with one attached hydrogen (secondary N) is 2. The number of carbonyl (C=O) groups excluding carboxylic acids is 1. The van der Waals surface area contributed by atoms with E-state index in [0.29, 0.717) is 5.82 Å². The van der Waals surface area contributed by atoms with Crippen LogP contribution in [0.25, 0.3) is 5.82 Å². The molecule has 3 heterocycles. The average molecular weight is 344 g/mol. The molecule has 0 saturated carbocycles. The topological polar surface area (TPSA) is 71.8 Å². The van der Waals surface area contributed by atoms with Gasteiger partial charge in [-0.25, -0.2) is 18.4 Å². The Labute approximate surface area is 137 Å². The Balaban J connectivity index is 0.00000192. The number of carbonyl (C=O) groups is 1. The maximum Gasteiger partial charge on any atom is 0.262 e. The van der Waals surface area contributed by atoms with Gasteiger partial charge >= 0.3 is 0 Å². The summed E-state index contributed by atoms with van der Waals surface area (Å²) in [5.74, 6) is -2.67. The van der Waals surface area contributed by atoms with Gasteiger partial charge in [-0.05, 0) is 12.1 Å². The lowest BCUT2D eigenvalue weighted by molar-refractivity contribution is -0.123. The van der Waals surface area contributed by atoms with Crippen LogP contribution in [0.2, 0.25) is 0 Å². The van der Waals surface area contributed by atoms with Crippen molar-refractivity contribution < 1.29 is 13.6 Å². The van der Waals surface area contributed by atoms with E-state index in [1.807, 2.05) is 0 Å². The first kappa shape index (κ1) is 17.3. The number of amides is 1. The Bertz CT molecular complexity index is 665. The minimum Gasteiger partial charge on any atom is -0.351 e. The van der Waals surface area contributed by atoms with Gasteiger partial charge in [-0.2, -0.15) is 5.10 Å². The first-order valence-electron chi connectivity index (χ1n) is 6.88. The van der Waals surface area contributed by atoms with Crippen molar-refractivity contribution in [2.75, 3.05) is 6.54 Å². The van der Waals surface area contributed by atoms with Crippen LogP contribution in [0.5, 0.6) is 0 Å². The fraction of sp³-hybridized carbons (Fsp3) is 0.357. The molecule has 1 unspecified atom stereocenters. The van der Waals surface area contributed by atoms with E-state index in [0.717, 1.165) is 5.56 Å². The molecular weight excluding hydrogens is 328 g/mol. The van der Waals surface area contributed by atoms with E-state index in [1.54, 1.807) is 41.5 Å². The Hall–Kier alpha value is -2.06. The third-order valence-corrected chi connectivity index (χ3v) is 3.47. The summed E-state index contributed by atoms with van der Waals surface area (Å²) < 4.78 is 27.8. The lowest BCUT2D eigenvalue weighted by Gasteiger charge is -2.13. The molecule has 3 rings (SSSR count). The summed E-state index contributed by atoms with van der Waals surface area (Å²) in [6.07, 6.45) is 4.52. The number of alkyl halides is 2. The van der Waals surface area contributed by atoms with Crippen molar-refractivity contribution in [2.45, 2.75) is 24.9 Å². The molecule has 9 heteroatoms. The third kappa shape index (κ3) is 4.02. The first-order valence-corrected chi connectivity index (χ1v) is 6.88. The van der Waals surface area contributed by atoms with Crippen molar-refractivity contribution in [3.63, 3.8) is 0 Å². The molecule has 0 bridgehead atoms. The highest BCUT2D eigenvalue weighted by molar-refractivity contribution is 5.85. The molecular formula is C14H16ClF2N5O. The van der Waals surface area contributed by atoms with Crippen molar-refractivity contribution in [3.8, 4) is 5.82 Å². The van der Waals surface area contributed by atoms with Crippen LogP contribution in [0.3, 0.4) is 0 Å². The number of aromatic nitrogens is 3. The predicted octanol–water partition coefficient (Wildman–Crippen LogP) is 1.30. The quantitative estimate of drug-likeness (QED) is 0.878. The van der Waals surface area contributed by atoms with Gasteiger partial charge in [0.25, 0.3) is 5.92 Å². The summed E-state index contributed by atoms with van der Waals surface area (Å²) in [4.78, 5) is 16.2. The Morgan fingerprint density at radius 1 is 1.43 bits per heavy atom. The average Bonchev–Trinajstić information content (AvgIpc) is 3.14. The van der Waals surface area contributed by atoms with Crippen molar-refractivity contribution >= 4 is 18.3 Å². The molecule has 2 aromatic heterocycles. The molecule has 1 aliphatic heterocycles. The lowest BCUT2D eigenvalue weighted by Crippen LogP contribution is -2.40.